The second-order valence-electron chi connectivity index (χ2n) is 13.3. The smallest absolute Gasteiger partial charge is 0.282 e. The second kappa shape index (κ2) is 20.6. The first-order valence-corrected chi connectivity index (χ1v) is 20.1. The van der Waals surface area contributed by atoms with E-state index >= 15 is 0 Å². The molecule has 330 valence electrons. The molecule has 65 heavy (non-hydrogen) atoms. The molecule has 0 bridgehead atoms. The molecular weight excluding hydrogens is 893 g/mol. The molecule has 24 heteroatoms. The van der Waals surface area contributed by atoms with Crippen LogP contribution < -0.4 is 10.6 Å². The number of amides is 3. The highest BCUT2D eigenvalue weighted by Gasteiger charge is 2.24. The number of anilines is 2. The number of hydrogen-bond donors (Lipinski definition) is 2. The van der Waals surface area contributed by atoms with Crippen LogP contribution in [0.2, 0.25) is 0 Å². The van der Waals surface area contributed by atoms with Crippen LogP contribution in [0.5, 0.6) is 0 Å². The summed E-state index contributed by atoms with van der Waals surface area (Å²) in [5.41, 5.74) is 1.48. The van der Waals surface area contributed by atoms with Gasteiger partial charge in [0.2, 0.25) is 18.1 Å². The summed E-state index contributed by atoms with van der Waals surface area (Å²) in [4.78, 5) is 75.0. The number of nitro groups is 2. The molecule has 4 aromatic heterocycles. The minimum absolute atomic E-state index is 0.0757. The van der Waals surface area contributed by atoms with E-state index in [4.69, 9.17) is 9.05 Å². The van der Waals surface area contributed by atoms with E-state index in [0.29, 0.717) is 32.3 Å². The van der Waals surface area contributed by atoms with Gasteiger partial charge in [0.15, 0.2) is 10.3 Å². The van der Waals surface area contributed by atoms with E-state index in [0.717, 1.165) is 29.1 Å². The van der Waals surface area contributed by atoms with Crippen molar-refractivity contribution in [2.75, 3.05) is 24.7 Å². The standard InChI is InChI=1S/2C19H12FN5O4S.C3H7NO/c2*1-10-15(18-22-16(24-29-18)11-6-8-12(20)9-7-11)30-19(21-10)23-17(26)13-4-2-3-5-14(13)25(27)28;1-4(2)3-5/h2*2-9H,1H3,(H,21,23,26);3H,1-2H3. The van der Waals surface area contributed by atoms with Crippen molar-refractivity contribution >= 4 is 62.5 Å². The molecule has 0 aliphatic rings. The van der Waals surface area contributed by atoms with Gasteiger partial charge in [0, 0.05) is 37.4 Å². The van der Waals surface area contributed by atoms with E-state index < -0.39 is 21.7 Å². The molecule has 20 nitrogen and oxygen atoms in total. The van der Waals surface area contributed by atoms with Crippen molar-refractivity contribution < 1.29 is 42.1 Å². The molecule has 0 saturated heterocycles. The lowest BCUT2D eigenvalue weighted by molar-refractivity contribution is -0.385. The van der Waals surface area contributed by atoms with E-state index in [1.165, 1.54) is 102 Å². The van der Waals surface area contributed by atoms with Gasteiger partial charge in [0.1, 0.15) is 32.5 Å². The van der Waals surface area contributed by atoms with E-state index in [1.807, 2.05) is 0 Å². The van der Waals surface area contributed by atoms with Crippen LogP contribution in [0.3, 0.4) is 0 Å². The summed E-state index contributed by atoms with van der Waals surface area (Å²) in [6, 6.07) is 22.6. The van der Waals surface area contributed by atoms with Gasteiger partial charge in [-0.2, -0.15) is 9.97 Å². The zero-order chi connectivity index (χ0) is 46.8. The van der Waals surface area contributed by atoms with Gasteiger partial charge in [0.25, 0.3) is 35.0 Å². The third kappa shape index (κ3) is 11.5. The maximum atomic E-state index is 13.1. The van der Waals surface area contributed by atoms with Gasteiger partial charge in [-0.25, -0.2) is 18.7 Å². The molecule has 0 fully saturated rings. The van der Waals surface area contributed by atoms with E-state index in [9.17, 15) is 43.4 Å². The third-order valence-corrected chi connectivity index (χ3v) is 10.5. The lowest BCUT2D eigenvalue weighted by Crippen LogP contribution is -2.13. The van der Waals surface area contributed by atoms with Gasteiger partial charge < -0.3 is 13.9 Å². The monoisotopic (exact) mass is 923 g/mol. The number of para-hydroxylation sites is 2. The van der Waals surface area contributed by atoms with Crippen LogP contribution in [0.15, 0.2) is 106 Å². The van der Waals surface area contributed by atoms with Crippen molar-refractivity contribution in [3.8, 4) is 44.3 Å². The Hall–Kier alpha value is -8.51. The quantitative estimate of drug-likeness (QED) is 0.0698. The lowest BCUT2D eigenvalue weighted by atomic mass is 10.1. The number of halogens is 2. The number of thiazole rings is 2. The highest BCUT2D eigenvalue weighted by atomic mass is 32.1. The summed E-state index contributed by atoms with van der Waals surface area (Å²) in [5, 5.41) is 35.6. The molecule has 0 spiro atoms. The summed E-state index contributed by atoms with van der Waals surface area (Å²) >= 11 is 2.18. The number of carbonyl (C=O) groups is 3. The van der Waals surface area contributed by atoms with Crippen LogP contribution in [-0.4, -0.2) is 77.3 Å². The Kier molecular flexibility index (Phi) is 14.6. The van der Waals surface area contributed by atoms with Gasteiger partial charge in [0.05, 0.1) is 21.2 Å². The molecule has 4 aromatic carbocycles. The van der Waals surface area contributed by atoms with Crippen LogP contribution >= 0.6 is 22.7 Å². The molecule has 0 aliphatic carbocycles. The highest BCUT2D eigenvalue weighted by molar-refractivity contribution is 7.19. The molecule has 0 radical (unpaired) electrons. The molecule has 8 aromatic rings. The second-order valence-corrected chi connectivity index (χ2v) is 15.3. The number of nitrogens with zero attached hydrogens (tertiary/aromatic N) is 9. The molecule has 4 heterocycles. The first kappa shape index (κ1) is 46.0. The number of hydrogen-bond acceptors (Lipinski definition) is 17. The Morgan fingerprint density at radius 2 is 0.985 bits per heavy atom. The van der Waals surface area contributed by atoms with E-state index in [2.05, 4.69) is 40.9 Å². The van der Waals surface area contributed by atoms with Gasteiger partial charge in [-0.15, -0.1) is 0 Å². The third-order valence-electron chi connectivity index (χ3n) is 8.38. The Labute approximate surface area is 372 Å². The molecule has 2 N–H and O–H groups in total. The van der Waals surface area contributed by atoms with E-state index in [-0.39, 0.29) is 67.8 Å². The summed E-state index contributed by atoms with van der Waals surface area (Å²) < 4.78 is 36.7. The van der Waals surface area contributed by atoms with Crippen LogP contribution in [0.4, 0.5) is 30.4 Å². The summed E-state index contributed by atoms with van der Waals surface area (Å²) in [7, 11) is 3.38. The zero-order valence-electron chi connectivity index (χ0n) is 34.1. The van der Waals surface area contributed by atoms with E-state index in [1.54, 1.807) is 27.9 Å². The fourth-order valence-electron chi connectivity index (χ4n) is 5.34. The predicted molar refractivity (Wildman–Crippen MR) is 233 cm³/mol. The Morgan fingerprint density at radius 3 is 1.32 bits per heavy atom. The zero-order valence-corrected chi connectivity index (χ0v) is 35.7. The molecule has 3 amide bonds. The number of rotatable bonds is 11. The Bertz CT molecular complexity index is 2810. The Balaban J connectivity index is 0.000000195. The average Bonchev–Trinajstić information content (AvgIpc) is 4.12. The minimum atomic E-state index is -0.653. The van der Waals surface area contributed by atoms with Crippen molar-refractivity contribution in [3.63, 3.8) is 0 Å². The van der Waals surface area contributed by atoms with Crippen LogP contribution in [0.25, 0.3) is 44.3 Å². The number of nitro benzene ring substituents is 2. The highest BCUT2D eigenvalue weighted by Crippen LogP contribution is 2.35. The van der Waals surface area contributed by atoms with Gasteiger partial charge in [-0.3, -0.25) is 45.2 Å². The molecule has 0 saturated carbocycles. The fourth-order valence-corrected chi connectivity index (χ4v) is 7.11. The largest absolute Gasteiger partial charge is 0.351 e. The minimum Gasteiger partial charge on any atom is -0.351 e. The van der Waals surface area contributed by atoms with Crippen molar-refractivity contribution in [2.24, 2.45) is 0 Å². The number of benzene rings is 4. The fraction of sp³-hybridized carbons (Fsp3) is 0.0976. The SMILES string of the molecule is CN(C)C=O.Cc1nc(NC(=O)c2ccccc2[N+](=O)[O-])sc1-c1nc(-c2ccc(F)cc2)no1.Cc1nc(NC(=O)c2ccccc2[N+](=O)[O-])sc1-c1nc(-c2ccc(F)cc2)no1. The van der Waals surface area contributed by atoms with Crippen molar-refractivity contribution in [1.29, 1.82) is 0 Å². The first-order chi connectivity index (χ1) is 31.1. The lowest BCUT2D eigenvalue weighted by Gasteiger charge is -2.02. The predicted octanol–water partition coefficient (Wildman–Crippen LogP) is 8.64. The number of aromatic nitrogens is 6. The van der Waals surface area contributed by atoms with Crippen molar-refractivity contribution in [1.82, 2.24) is 35.1 Å². The van der Waals surface area contributed by atoms with Gasteiger partial charge in [-0.05, 0) is 74.5 Å². The van der Waals surface area contributed by atoms with Crippen LogP contribution in [-0.2, 0) is 4.79 Å². The van der Waals surface area contributed by atoms with Gasteiger partial charge in [-0.1, -0.05) is 57.3 Å². The van der Waals surface area contributed by atoms with Crippen molar-refractivity contribution in [3.05, 3.63) is 151 Å². The normalized spacial score (nSPS) is 10.4. The van der Waals surface area contributed by atoms with Crippen LogP contribution in [0.1, 0.15) is 32.1 Å². The molecular formula is C41H31F2N11O9S2. The molecule has 0 atom stereocenters. The number of aryl methyl sites for hydroxylation is 2. The summed E-state index contributed by atoms with van der Waals surface area (Å²) in [5.74, 6) is -1.11. The summed E-state index contributed by atoms with van der Waals surface area (Å²) in [6.07, 6.45) is 0.750. The average molecular weight is 924 g/mol. The molecule has 0 aliphatic heterocycles. The van der Waals surface area contributed by atoms with Crippen LogP contribution in [0, 0.1) is 45.7 Å². The first-order valence-electron chi connectivity index (χ1n) is 18.5. The Morgan fingerprint density at radius 1 is 0.631 bits per heavy atom. The molecule has 0 unspecified atom stereocenters. The topological polar surface area (TPSA) is 268 Å². The summed E-state index contributed by atoms with van der Waals surface area (Å²) in [6.45, 7) is 3.41. The van der Waals surface area contributed by atoms with Crippen molar-refractivity contribution in [2.45, 2.75) is 13.8 Å². The number of carbonyl (C=O) groups excluding carboxylic acids is 3. The molecule has 8 rings (SSSR count). The number of nitrogens with one attached hydrogen (secondary N) is 2. The van der Waals surface area contributed by atoms with Gasteiger partial charge >= 0.3 is 0 Å². The maximum absolute atomic E-state index is 13.1. The maximum Gasteiger partial charge on any atom is 0.282 e.